The Hall–Kier alpha value is -1.36. The zero-order valence-corrected chi connectivity index (χ0v) is 12.5. The lowest BCUT2D eigenvalue weighted by atomic mass is 9.97. The SMILES string of the molecule is CC(CS(C)=O)NC(=O)CC(C)c1ccc(N)cc1. The molecule has 106 valence electrons. The van der Waals surface area contributed by atoms with Gasteiger partial charge in [-0.3, -0.25) is 9.00 Å². The zero-order valence-electron chi connectivity index (χ0n) is 11.7. The molecule has 0 saturated heterocycles. The van der Waals surface area contributed by atoms with Crippen molar-refractivity contribution in [1.82, 2.24) is 5.32 Å². The molecule has 0 aliphatic heterocycles. The largest absolute Gasteiger partial charge is 0.399 e. The second kappa shape index (κ2) is 7.28. The van der Waals surface area contributed by atoms with Gasteiger partial charge in [0.1, 0.15) is 0 Å². The first-order valence-corrected chi connectivity index (χ1v) is 8.06. The van der Waals surface area contributed by atoms with Crippen LogP contribution in [0.1, 0.15) is 31.7 Å². The number of amides is 1. The third-order valence-electron chi connectivity index (χ3n) is 2.89. The Morgan fingerprint density at radius 2 is 1.89 bits per heavy atom. The van der Waals surface area contributed by atoms with Gasteiger partial charge in [-0.1, -0.05) is 19.1 Å². The van der Waals surface area contributed by atoms with Crippen molar-refractivity contribution in [3.8, 4) is 0 Å². The van der Waals surface area contributed by atoms with Crippen LogP contribution < -0.4 is 11.1 Å². The van der Waals surface area contributed by atoms with Gasteiger partial charge in [-0.25, -0.2) is 0 Å². The minimum atomic E-state index is -0.892. The first-order valence-electron chi connectivity index (χ1n) is 6.33. The second-order valence-electron chi connectivity index (χ2n) is 4.98. The molecule has 0 spiro atoms. The maximum Gasteiger partial charge on any atom is 0.220 e. The maximum absolute atomic E-state index is 11.9. The normalized spacial score (nSPS) is 15.5. The van der Waals surface area contributed by atoms with E-state index in [9.17, 15) is 9.00 Å². The molecule has 1 amide bonds. The Bertz CT molecular complexity index is 445. The first kappa shape index (κ1) is 15.7. The number of nitrogens with two attached hydrogens (primary N) is 1. The fourth-order valence-electron chi connectivity index (χ4n) is 1.95. The number of nitrogens with one attached hydrogen (secondary N) is 1. The monoisotopic (exact) mass is 282 g/mol. The molecule has 3 N–H and O–H groups in total. The van der Waals surface area contributed by atoms with Crippen LogP contribution in [0, 0.1) is 0 Å². The quantitative estimate of drug-likeness (QED) is 0.779. The van der Waals surface area contributed by atoms with Crippen LogP contribution in [-0.2, 0) is 15.6 Å². The number of anilines is 1. The average molecular weight is 282 g/mol. The summed E-state index contributed by atoms with van der Waals surface area (Å²) >= 11 is 0. The zero-order chi connectivity index (χ0) is 14.4. The fraction of sp³-hybridized carbons (Fsp3) is 0.500. The molecule has 0 saturated carbocycles. The predicted molar refractivity (Wildman–Crippen MR) is 80.4 cm³/mol. The van der Waals surface area contributed by atoms with E-state index in [1.165, 1.54) is 0 Å². The summed E-state index contributed by atoms with van der Waals surface area (Å²) < 4.78 is 11.1. The molecule has 1 aromatic rings. The van der Waals surface area contributed by atoms with Crippen LogP contribution in [0.4, 0.5) is 5.69 Å². The minimum absolute atomic E-state index is 0.0118. The van der Waals surface area contributed by atoms with Crippen LogP contribution in [0.5, 0.6) is 0 Å². The highest BCUT2D eigenvalue weighted by atomic mass is 32.2. The Kier molecular flexibility index (Phi) is 6.02. The highest BCUT2D eigenvalue weighted by Crippen LogP contribution is 2.19. The molecular weight excluding hydrogens is 260 g/mol. The predicted octanol–water partition coefficient (Wildman–Crippen LogP) is 1.65. The van der Waals surface area contributed by atoms with Crippen LogP contribution in [-0.4, -0.2) is 28.2 Å². The van der Waals surface area contributed by atoms with Crippen LogP contribution in [0.3, 0.4) is 0 Å². The molecule has 0 radical (unpaired) electrons. The highest BCUT2D eigenvalue weighted by Gasteiger charge is 2.13. The summed E-state index contributed by atoms with van der Waals surface area (Å²) in [6, 6.07) is 7.51. The van der Waals surface area contributed by atoms with Gasteiger partial charge < -0.3 is 11.1 Å². The molecule has 3 atom stereocenters. The molecule has 4 nitrogen and oxygen atoms in total. The van der Waals surface area contributed by atoms with E-state index in [1.54, 1.807) is 6.26 Å². The molecule has 0 fully saturated rings. The molecule has 0 bridgehead atoms. The standard InChI is InChI=1S/C14H22N2O2S/c1-10(12-4-6-13(15)7-5-12)8-14(17)16-11(2)9-19(3)18/h4-7,10-11H,8-9,15H2,1-3H3,(H,16,17). The van der Waals surface area contributed by atoms with Crippen molar-refractivity contribution in [3.05, 3.63) is 29.8 Å². The lowest BCUT2D eigenvalue weighted by molar-refractivity contribution is -0.121. The van der Waals surface area contributed by atoms with Gasteiger partial charge in [0.15, 0.2) is 0 Å². The number of nitrogen functional groups attached to an aromatic ring is 1. The van der Waals surface area contributed by atoms with Crippen molar-refractivity contribution in [1.29, 1.82) is 0 Å². The van der Waals surface area contributed by atoms with Gasteiger partial charge in [0.05, 0.1) is 0 Å². The summed E-state index contributed by atoms with van der Waals surface area (Å²) in [7, 11) is -0.892. The van der Waals surface area contributed by atoms with Gasteiger partial charge >= 0.3 is 0 Å². The Balaban J connectivity index is 2.47. The number of carbonyl (C=O) groups excluding carboxylic acids is 1. The summed E-state index contributed by atoms with van der Waals surface area (Å²) in [5.41, 5.74) is 7.45. The molecule has 1 aromatic carbocycles. The van der Waals surface area contributed by atoms with Gasteiger partial charge in [-0.05, 0) is 30.5 Å². The minimum Gasteiger partial charge on any atom is -0.399 e. The lowest BCUT2D eigenvalue weighted by Gasteiger charge is -2.15. The molecule has 0 aliphatic carbocycles. The molecule has 0 aliphatic rings. The average Bonchev–Trinajstić information content (AvgIpc) is 2.27. The van der Waals surface area contributed by atoms with Crippen LogP contribution >= 0.6 is 0 Å². The number of carbonyl (C=O) groups is 1. The summed E-state index contributed by atoms with van der Waals surface area (Å²) in [5.74, 6) is 0.615. The van der Waals surface area contributed by atoms with Crippen molar-refractivity contribution < 1.29 is 9.00 Å². The second-order valence-corrected chi connectivity index (χ2v) is 6.46. The molecular formula is C14H22N2O2S. The van der Waals surface area contributed by atoms with E-state index in [-0.39, 0.29) is 17.9 Å². The molecule has 5 heteroatoms. The van der Waals surface area contributed by atoms with Gasteiger partial charge in [-0.2, -0.15) is 0 Å². The fourth-order valence-corrected chi connectivity index (χ4v) is 2.74. The molecule has 0 heterocycles. The van der Waals surface area contributed by atoms with Gasteiger partial charge in [-0.15, -0.1) is 0 Å². The van der Waals surface area contributed by atoms with E-state index in [2.05, 4.69) is 5.32 Å². The van der Waals surface area contributed by atoms with Gasteiger partial charge in [0, 0.05) is 41.0 Å². The molecule has 19 heavy (non-hydrogen) atoms. The lowest BCUT2D eigenvalue weighted by Crippen LogP contribution is -2.36. The summed E-state index contributed by atoms with van der Waals surface area (Å²) in [4.78, 5) is 11.9. The third-order valence-corrected chi connectivity index (χ3v) is 3.86. The summed E-state index contributed by atoms with van der Waals surface area (Å²) in [6.07, 6.45) is 2.06. The van der Waals surface area contributed by atoms with E-state index >= 15 is 0 Å². The third kappa shape index (κ3) is 5.87. The van der Waals surface area contributed by atoms with E-state index in [0.29, 0.717) is 12.2 Å². The van der Waals surface area contributed by atoms with Crippen molar-refractivity contribution in [3.63, 3.8) is 0 Å². The number of rotatable bonds is 6. The van der Waals surface area contributed by atoms with Crippen LogP contribution in [0.15, 0.2) is 24.3 Å². The van der Waals surface area contributed by atoms with Crippen molar-refractivity contribution in [2.75, 3.05) is 17.7 Å². The van der Waals surface area contributed by atoms with E-state index in [1.807, 2.05) is 38.1 Å². The van der Waals surface area contributed by atoms with E-state index in [4.69, 9.17) is 5.73 Å². The molecule has 3 unspecified atom stereocenters. The van der Waals surface area contributed by atoms with Crippen LogP contribution in [0.2, 0.25) is 0 Å². The first-order chi connectivity index (χ1) is 8.88. The van der Waals surface area contributed by atoms with Crippen molar-refractivity contribution in [2.45, 2.75) is 32.2 Å². The summed E-state index contributed by atoms with van der Waals surface area (Å²) in [6.45, 7) is 3.88. The summed E-state index contributed by atoms with van der Waals surface area (Å²) in [5, 5.41) is 2.87. The van der Waals surface area contributed by atoms with E-state index < -0.39 is 10.8 Å². The van der Waals surface area contributed by atoms with Crippen LogP contribution in [0.25, 0.3) is 0 Å². The smallest absolute Gasteiger partial charge is 0.220 e. The number of hydrogen-bond acceptors (Lipinski definition) is 3. The highest BCUT2D eigenvalue weighted by molar-refractivity contribution is 7.84. The Morgan fingerprint density at radius 3 is 2.42 bits per heavy atom. The van der Waals surface area contributed by atoms with Crippen molar-refractivity contribution in [2.24, 2.45) is 0 Å². The maximum atomic E-state index is 11.9. The topological polar surface area (TPSA) is 72.2 Å². The molecule has 1 rings (SSSR count). The van der Waals surface area contributed by atoms with Crippen molar-refractivity contribution >= 4 is 22.4 Å². The van der Waals surface area contributed by atoms with Gasteiger partial charge in [0.2, 0.25) is 5.91 Å². The number of hydrogen-bond donors (Lipinski definition) is 2. The Morgan fingerprint density at radius 1 is 1.32 bits per heavy atom. The number of benzene rings is 1. The Labute approximate surface area is 117 Å². The van der Waals surface area contributed by atoms with E-state index in [0.717, 1.165) is 11.3 Å². The molecule has 0 aromatic heterocycles. The van der Waals surface area contributed by atoms with Gasteiger partial charge in [0.25, 0.3) is 0 Å².